The summed E-state index contributed by atoms with van der Waals surface area (Å²) >= 11 is 0. The minimum atomic E-state index is -1.18. The summed E-state index contributed by atoms with van der Waals surface area (Å²) in [5.41, 5.74) is 0.634. The van der Waals surface area contributed by atoms with Gasteiger partial charge in [0.05, 0.1) is 5.69 Å². The molecule has 36 heavy (non-hydrogen) atoms. The number of ether oxygens (including phenoxy) is 2. The summed E-state index contributed by atoms with van der Waals surface area (Å²) in [7, 11) is 0. The molecule has 2 aliphatic rings. The van der Waals surface area contributed by atoms with Crippen LogP contribution in [0.2, 0.25) is 0 Å². The molecule has 3 aromatic carbocycles. The topological polar surface area (TPSA) is 88.1 Å². The number of aromatic hydroxyl groups is 1. The number of halogens is 1. The van der Waals surface area contributed by atoms with E-state index in [1.165, 1.54) is 35.2 Å². The second kappa shape index (κ2) is 10.3. The number of nitrogens with zero attached hydrogens (tertiary/aromatic N) is 1. The first-order chi connectivity index (χ1) is 17.5. The number of carbonyl (C=O) groups is 2. The van der Waals surface area contributed by atoms with Crippen LogP contribution in [0.3, 0.4) is 0 Å². The van der Waals surface area contributed by atoms with Gasteiger partial charge in [-0.2, -0.15) is 0 Å². The summed E-state index contributed by atoms with van der Waals surface area (Å²) in [6, 6.07) is 15.5. The number of nitrogens with one attached hydrogen (secondary N) is 1. The van der Waals surface area contributed by atoms with E-state index in [1.807, 2.05) is 0 Å². The lowest BCUT2D eigenvalue weighted by Gasteiger charge is -2.33. The van der Waals surface area contributed by atoms with Crippen molar-refractivity contribution in [1.29, 1.82) is 0 Å². The fraction of sp³-hybridized carbons (Fsp3) is 0.286. The number of phenolic OH excluding ortho intramolecular Hbond substituents is 1. The van der Waals surface area contributed by atoms with Gasteiger partial charge < -0.3 is 19.9 Å². The van der Waals surface area contributed by atoms with Gasteiger partial charge >= 0.3 is 0 Å². The first-order valence-electron chi connectivity index (χ1n) is 12.1. The molecule has 2 N–H and O–H groups in total. The number of amides is 2. The van der Waals surface area contributed by atoms with Crippen LogP contribution in [0.4, 0.5) is 10.1 Å². The summed E-state index contributed by atoms with van der Waals surface area (Å²) in [4.78, 5) is 29.0. The van der Waals surface area contributed by atoms with Crippen LogP contribution in [-0.2, 0) is 4.79 Å². The van der Waals surface area contributed by atoms with E-state index in [-0.39, 0.29) is 23.0 Å². The molecule has 1 aliphatic carbocycles. The molecule has 1 aliphatic heterocycles. The Balaban J connectivity index is 1.61. The van der Waals surface area contributed by atoms with Gasteiger partial charge in [0.2, 0.25) is 5.91 Å². The van der Waals surface area contributed by atoms with Crippen LogP contribution >= 0.6 is 0 Å². The molecule has 0 saturated heterocycles. The largest absolute Gasteiger partial charge is 0.508 e. The quantitative estimate of drug-likeness (QED) is 0.521. The van der Waals surface area contributed by atoms with Crippen molar-refractivity contribution in [3.8, 4) is 17.2 Å². The van der Waals surface area contributed by atoms with Gasteiger partial charge in [0.1, 0.15) is 30.8 Å². The first kappa shape index (κ1) is 23.7. The molecule has 1 atom stereocenters. The molecular formula is C28H27FN2O5. The molecular weight excluding hydrogens is 463 g/mol. The molecule has 0 radical (unpaired) electrons. The molecule has 2 amide bonds. The lowest BCUT2D eigenvalue weighted by atomic mass is 10.0. The molecule has 186 valence electrons. The Bertz CT molecular complexity index is 1260. The zero-order valence-corrected chi connectivity index (χ0v) is 19.7. The van der Waals surface area contributed by atoms with E-state index in [0.29, 0.717) is 30.3 Å². The van der Waals surface area contributed by atoms with Crippen LogP contribution < -0.4 is 19.7 Å². The standard InChI is InChI=1S/C28H27FN2O5/c29-22-7-3-4-8-23(22)31(28(34)19-11-14-24-25(17-19)36-16-15-35-24)26(18-9-12-21(32)13-10-18)27(33)30-20-5-1-2-6-20/h3-4,7-14,17,20,26,32H,1-2,5-6,15-16H2,(H,30,33)/t26-/m1/s1. The van der Waals surface area contributed by atoms with E-state index in [9.17, 15) is 14.7 Å². The van der Waals surface area contributed by atoms with Gasteiger partial charge in [0.25, 0.3) is 5.91 Å². The number of benzene rings is 3. The molecule has 1 fully saturated rings. The fourth-order valence-electron chi connectivity index (χ4n) is 4.75. The van der Waals surface area contributed by atoms with Crippen LogP contribution in [0.1, 0.15) is 47.6 Å². The Morgan fingerprint density at radius 1 is 0.944 bits per heavy atom. The highest BCUT2D eigenvalue weighted by Gasteiger charge is 2.36. The van der Waals surface area contributed by atoms with Crippen LogP contribution in [-0.4, -0.2) is 36.2 Å². The second-order valence-corrected chi connectivity index (χ2v) is 8.97. The van der Waals surface area contributed by atoms with Crippen molar-refractivity contribution in [3.05, 3.63) is 83.7 Å². The summed E-state index contributed by atoms with van der Waals surface area (Å²) in [5, 5.41) is 12.9. The Hall–Kier alpha value is -4.07. The predicted octanol–water partition coefficient (Wildman–Crippen LogP) is 4.75. The summed E-state index contributed by atoms with van der Waals surface area (Å²) < 4.78 is 26.4. The van der Waals surface area contributed by atoms with E-state index < -0.39 is 23.7 Å². The van der Waals surface area contributed by atoms with E-state index >= 15 is 4.39 Å². The van der Waals surface area contributed by atoms with Gasteiger partial charge in [-0.3, -0.25) is 14.5 Å². The first-order valence-corrected chi connectivity index (χ1v) is 12.1. The molecule has 5 rings (SSSR count). The fourth-order valence-corrected chi connectivity index (χ4v) is 4.75. The molecule has 0 bridgehead atoms. The Labute approximate surface area is 208 Å². The van der Waals surface area contributed by atoms with Crippen molar-refractivity contribution in [2.75, 3.05) is 18.1 Å². The van der Waals surface area contributed by atoms with Crippen LogP contribution in [0, 0.1) is 5.82 Å². The third kappa shape index (κ3) is 4.84. The van der Waals surface area contributed by atoms with E-state index in [2.05, 4.69) is 5.32 Å². The average Bonchev–Trinajstić information content (AvgIpc) is 3.41. The van der Waals surface area contributed by atoms with E-state index in [0.717, 1.165) is 25.7 Å². The zero-order chi connectivity index (χ0) is 25.1. The van der Waals surface area contributed by atoms with Crippen molar-refractivity contribution in [2.45, 2.75) is 37.8 Å². The van der Waals surface area contributed by atoms with E-state index in [1.54, 1.807) is 36.4 Å². The highest BCUT2D eigenvalue weighted by atomic mass is 19.1. The molecule has 0 spiro atoms. The maximum absolute atomic E-state index is 15.2. The molecule has 1 heterocycles. The van der Waals surface area contributed by atoms with Gasteiger partial charge in [0.15, 0.2) is 11.5 Å². The van der Waals surface area contributed by atoms with Gasteiger partial charge in [0, 0.05) is 11.6 Å². The van der Waals surface area contributed by atoms with Gasteiger partial charge in [-0.25, -0.2) is 4.39 Å². The van der Waals surface area contributed by atoms with Gasteiger partial charge in [-0.05, 0) is 60.9 Å². The SMILES string of the molecule is O=C(NC1CCCC1)[C@@H](c1ccc(O)cc1)N(C(=O)c1ccc2c(c1)OCCO2)c1ccccc1F. The van der Waals surface area contributed by atoms with Crippen LogP contribution in [0.25, 0.3) is 0 Å². The normalized spacial score (nSPS) is 15.8. The van der Waals surface area contributed by atoms with Crippen molar-refractivity contribution >= 4 is 17.5 Å². The lowest BCUT2D eigenvalue weighted by molar-refractivity contribution is -0.123. The number of hydrogen-bond acceptors (Lipinski definition) is 5. The number of phenols is 1. The summed E-state index contributed by atoms with van der Waals surface area (Å²) in [5.74, 6) is -0.676. The highest BCUT2D eigenvalue weighted by Crippen LogP contribution is 2.36. The molecule has 3 aromatic rings. The third-order valence-corrected chi connectivity index (χ3v) is 6.54. The monoisotopic (exact) mass is 490 g/mol. The number of para-hydroxylation sites is 1. The predicted molar refractivity (Wildman–Crippen MR) is 132 cm³/mol. The summed E-state index contributed by atoms with van der Waals surface area (Å²) in [6.07, 6.45) is 3.73. The van der Waals surface area contributed by atoms with Crippen molar-refractivity contribution in [3.63, 3.8) is 0 Å². The molecule has 7 nitrogen and oxygen atoms in total. The van der Waals surface area contributed by atoms with Crippen LogP contribution in [0.5, 0.6) is 17.2 Å². The second-order valence-electron chi connectivity index (χ2n) is 8.97. The van der Waals surface area contributed by atoms with Gasteiger partial charge in [-0.1, -0.05) is 37.1 Å². The third-order valence-electron chi connectivity index (χ3n) is 6.54. The summed E-state index contributed by atoms with van der Waals surface area (Å²) in [6.45, 7) is 0.757. The van der Waals surface area contributed by atoms with Gasteiger partial charge in [-0.15, -0.1) is 0 Å². The zero-order valence-electron chi connectivity index (χ0n) is 19.7. The number of carbonyl (C=O) groups excluding carboxylic acids is 2. The molecule has 0 aromatic heterocycles. The molecule has 1 saturated carbocycles. The maximum Gasteiger partial charge on any atom is 0.259 e. The maximum atomic E-state index is 15.2. The van der Waals surface area contributed by atoms with E-state index in [4.69, 9.17) is 9.47 Å². The molecule has 8 heteroatoms. The number of fused-ring (bicyclic) bond motifs is 1. The number of rotatable bonds is 6. The van der Waals surface area contributed by atoms with Crippen molar-refractivity contribution in [2.24, 2.45) is 0 Å². The molecule has 0 unspecified atom stereocenters. The smallest absolute Gasteiger partial charge is 0.259 e. The Morgan fingerprint density at radius 2 is 1.64 bits per heavy atom. The minimum Gasteiger partial charge on any atom is -0.508 e. The van der Waals surface area contributed by atoms with Crippen LogP contribution in [0.15, 0.2) is 66.7 Å². The van der Waals surface area contributed by atoms with Crippen molar-refractivity contribution in [1.82, 2.24) is 5.32 Å². The average molecular weight is 491 g/mol. The lowest BCUT2D eigenvalue weighted by Crippen LogP contribution is -2.46. The minimum absolute atomic E-state index is 0.0102. The Kier molecular flexibility index (Phi) is 6.75. The van der Waals surface area contributed by atoms with Crippen molar-refractivity contribution < 1.29 is 28.6 Å². The number of anilines is 1. The Morgan fingerprint density at radius 3 is 2.36 bits per heavy atom. The highest BCUT2D eigenvalue weighted by molar-refractivity contribution is 6.10. The number of hydrogen-bond donors (Lipinski definition) is 2.